The molecular formula is C20H39N5O7. The Morgan fingerprint density at radius 2 is 1.69 bits per heavy atom. The third-order valence-corrected chi connectivity index (χ3v) is 6.37. The smallest absolute Gasteiger partial charge is 0.215 e. The van der Waals surface area contributed by atoms with Crippen LogP contribution in [0.15, 0.2) is 11.8 Å². The van der Waals surface area contributed by atoms with Crippen LogP contribution in [0.3, 0.4) is 0 Å². The summed E-state index contributed by atoms with van der Waals surface area (Å²) < 4.78 is 23.3. The van der Waals surface area contributed by atoms with Gasteiger partial charge in [-0.1, -0.05) is 0 Å². The molecule has 1 saturated carbocycles. The van der Waals surface area contributed by atoms with Crippen molar-refractivity contribution in [3.8, 4) is 0 Å². The van der Waals surface area contributed by atoms with Gasteiger partial charge in [-0.25, -0.2) is 0 Å². The minimum atomic E-state index is -1.29. The molecule has 0 spiro atoms. The van der Waals surface area contributed by atoms with Crippen LogP contribution < -0.4 is 27.8 Å². The average Bonchev–Trinajstić information content (AvgIpc) is 2.72. The van der Waals surface area contributed by atoms with Crippen molar-refractivity contribution in [1.82, 2.24) is 10.6 Å². The van der Waals surface area contributed by atoms with Gasteiger partial charge in [0.25, 0.3) is 0 Å². The quantitative estimate of drug-likeness (QED) is 0.186. The molecule has 0 aromatic heterocycles. The maximum atomic E-state index is 11.1. The minimum Gasteiger partial charge on any atom is -0.467 e. The molecule has 3 rings (SSSR count). The molecule has 1 saturated heterocycles. The fraction of sp³-hybridized carbons (Fsp3) is 0.900. The van der Waals surface area contributed by atoms with Crippen LogP contribution in [0.5, 0.6) is 0 Å². The summed E-state index contributed by atoms with van der Waals surface area (Å²) in [6.45, 7) is 2.01. The van der Waals surface area contributed by atoms with Crippen molar-refractivity contribution in [2.45, 2.75) is 86.5 Å². The molecule has 0 aromatic rings. The van der Waals surface area contributed by atoms with Crippen LogP contribution in [0.4, 0.5) is 0 Å². The van der Waals surface area contributed by atoms with Crippen molar-refractivity contribution in [3.63, 3.8) is 0 Å². The van der Waals surface area contributed by atoms with E-state index in [-0.39, 0.29) is 6.61 Å². The van der Waals surface area contributed by atoms with Gasteiger partial charge in [-0.15, -0.1) is 0 Å². The Hall–Kier alpha value is -0.900. The zero-order valence-electron chi connectivity index (χ0n) is 18.9. The molecule has 0 unspecified atom stereocenters. The average molecular weight is 462 g/mol. The van der Waals surface area contributed by atoms with E-state index in [0.29, 0.717) is 25.1 Å². The second-order valence-electron chi connectivity index (χ2n) is 9.14. The van der Waals surface area contributed by atoms with Crippen LogP contribution >= 0.6 is 0 Å². The minimum absolute atomic E-state index is 0.0664. The van der Waals surface area contributed by atoms with Gasteiger partial charge in [0.1, 0.15) is 35.8 Å². The second-order valence-corrected chi connectivity index (χ2v) is 9.14. The second kappa shape index (κ2) is 10.6. The third-order valence-electron chi connectivity index (χ3n) is 6.37. The van der Waals surface area contributed by atoms with Gasteiger partial charge in [-0.05, 0) is 39.9 Å². The molecule has 0 radical (unpaired) electrons. The normalized spacial score (nSPS) is 47.6. The first-order valence-electron chi connectivity index (χ1n) is 11.0. The summed E-state index contributed by atoms with van der Waals surface area (Å²) in [4.78, 5) is 0. The predicted octanol–water partition coefficient (Wildman–Crippen LogP) is -3.59. The predicted molar refractivity (Wildman–Crippen MR) is 115 cm³/mol. The number of hydrogen-bond donors (Lipinski definition) is 8. The lowest BCUT2D eigenvalue weighted by molar-refractivity contribution is -0.303. The topological polar surface area (TPSA) is 200 Å². The van der Waals surface area contributed by atoms with E-state index >= 15 is 0 Å². The lowest BCUT2D eigenvalue weighted by Crippen LogP contribution is -2.68. The molecule has 2 fully saturated rings. The van der Waals surface area contributed by atoms with E-state index in [2.05, 4.69) is 10.6 Å². The first kappa shape index (κ1) is 25.7. The summed E-state index contributed by atoms with van der Waals surface area (Å²) in [5.41, 5.74) is 17.3. The van der Waals surface area contributed by atoms with Crippen LogP contribution in [-0.2, 0) is 18.9 Å². The highest BCUT2D eigenvalue weighted by molar-refractivity contribution is 5.04. The lowest BCUT2D eigenvalue weighted by Gasteiger charge is -2.48. The molecule has 3 aliphatic rings. The van der Waals surface area contributed by atoms with Crippen molar-refractivity contribution in [3.05, 3.63) is 11.8 Å². The Morgan fingerprint density at radius 3 is 2.28 bits per heavy atom. The summed E-state index contributed by atoms with van der Waals surface area (Å²) in [7, 11) is 3.43. The van der Waals surface area contributed by atoms with E-state index in [1.54, 1.807) is 21.0 Å². The molecule has 2 aliphatic heterocycles. The Balaban J connectivity index is 1.68. The number of rotatable bonds is 7. The zero-order chi connectivity index (χ0) is 23.6. The molecule has 2 heterocycles. The lowest BCUT2D eigenvalue weighted by atomic mass is 9.84. The molecule has 186 valence electrons. The molecule has 0 aromatic carbocycles. The van der Waals surface area contributed by atoms with E-state index in [1.165, 1.54) is 0 Å². The van der Waals surface area contributed by atoms with Crippen molar-refractivity contribution < 1.29 is 34.3 Å². The van der Waals surface area contributed by atoms with Crippen molar-refractivity contribution in [1.29, 1.82) is 0 Å². The monoisotopic (exact) mass is 461 g/mol. The van der Waals surface area contributed by atoms with Gasteiger partial charge in [-0.3, -0.25) is 0 Å². The molecule has 11 atom stereocenters. The molecule has 1 aliphatic carbocycles. The highest BCUT2D eigenvalue weighted by Gasteiger charge is 2.50. The Kier molecular flexibility index (Phi) is 8.50. The number of nitrogens with one attached hydrogen (secondary N) is 2. The Labute approximate surface area is 188 Å². The third kappa shape index (κ3) is 5.42. The maximum Gasteiger partial charge on any atom is 0.215 e. The van der Waals surface area contributed by atoms with Crippen molar-refractivity contribution >= 4 is 0 Å². The molecular weight excluding hydrogens is 422 g/mol. The molecule has 12 heteroatoms. The fourth-order valence-corrected chi connectivity index (χ4v) is 4.59. The van der Waals surface area contributed by atoms with Gasteiger partial charge < -0.3 is 62.1 Å². The van der Waals surface area contributed by atoms with Gasteiger partial charge in [-0.2, -0.15) is 0 Å². The van der Waals surface area contributed by atoms with Crippen molar-refractivity contribution in [2.24, 2.45) is 17.2 Å². The van der Waals surface area contributed by atoms with Crippen LogP contribution in [0.1, 0.15) is 19.8 Å². The van der Waals surface area contributed by atoms with E-state index in [9.17, 15) is 15.3 Å². The summed E-state index contributed by atoms with van der Waals surface area (Å²) in [5.74, 6) is 0.700. The fourth-order valence-electron chi connectivity index (χ4n) is 4.59. The molecule has 12 nitrogen and oxygen atoms in total. The summed E-state index contributed by atoms with van der Waals surface area (Å²) >= 11 is 0. The zero-order valence-corrected chi connectivity index (χ0v) is 18.9. The number of aliphatic hydroxyl groups is 3. The van der Waals surface area contributed by atoms with E-state index in [4.69, 9.17) is 36.1 Å². The highest BCUT2D eigenvalue weighted by atomic mass is 16.7. The van der Waals surface area contributed by atoms with Crippen LogP contribution in [-0.4, -0.2) is 109 Å². The Morgan fingerprint density at radius 1 is 1.06 bits per heavy atom. The van der Waals surface area contributed by atoms with Crippen LogP contribution in [0, 0.1) is 0 Å². The number of aliphatic hydroxyl groups excluding tert-OH is 2. The van der Waals surface area contributed by atoms with Gasteiger partial charge in [0.15, 0.2) is 6.29 Å². The van der Waals surface area contributed by atoms with Crippen LogP contribution in [0.2, 0.25) is 0 Å². The standard InChI is InChI=1S/C20H39N5O7/c1-20(28)8-29-19(14(27)17(20)25-3)32-16-12(23)6-11(22)15(13(16)26)31-18-10(21)5-4-9(30-18)7-24-2/h4,10-19,24-28H,5-8,21-23H2,1-3H3/t10-,11+,12-,13+,14-,15-,16+,17-,18-,19-,20+/m1/s1. The van der Waals surface area contributed by atoms with E-state index < -0.39 is 66.8 Å². The molecule has 11 N–H and O–H groups in total. The summed E-state index contributed by atoms with van der Waals surface area (Å²) in [5, 5.41) is 38.0. The first-order valence-corrected chi connectivity index (χ1v) is 11.0. The largest absolute Gasteiger partial charge is 0.467 e. The van der Waals surface area contributed by atoms with Gasteiger partial charge in [0.2, 0.25) is 6.29 Å². The SMILES string of the molecule is CNCC1=CC[C@@H](N)[C@@H](O[C@H]2[C@H](O)[C@@H](O[C@H]3OC[C@](C)(O)[C@H](NC)[C@H]3O)[C@H](N)C[C@@H]2N)O1. The van der Waals surface area contributed by atoms with E-state index in [0.717, 1.165) is 0 Å². The van der Waals surface area contributed by atoms with Gasteiger partial charge in [0, 0.05) is 12.1 Å². The van der Waals surface area contributed by atoms with Crippen molar-refractivity contribution in [2.75, 3.05) is 27.2 Å². The number of nitrogens with two attached hydrogens (primary N) is 3. The Bertz CT molecular complexity index is 654. The summed E-state index contributed by atoms with van der Waals surface area (Å²) in [6, 6.07) is -2.31. The first-order chi connectivity index (χ1) is 15.1. The number of hydrogen-bond acceptors (Lipinski definition) is 12. The number of likely N-dealkylation sites (N-methyl/N-ethyl adjacent to an activating group) is 2. The molecule has 0 bridgehead atoms. The molecule has 32 heavy (non-hydrogen) atoms. The number of ether oxygens (including phenoxy) is 4. The molecule has 0 amide bonds. The van der Waals surface area contributed by atoms with Gasteiger partial charge >= 0.3 is 0 Å². The van der Waals surface area contributed by atoms with Crippen LogP contribution in [0.25, 0.3) is 0 Å². The summed E-state index contributed by atoms with van der Waals surface area (Å²) in [6.07, 6.45) is -3.31. The van der Waals surface area contributed by atoms with Gasteiger partial charge in [0.05, 0.1) is 25.2 Å². The highest BCUT2D eigenvalue weighted by Crippen LogP contribution is 2.31. The maximum absolute atomic E-state index is 11.1. The van der Waals surface area contributed by atoms with E-state index in [1.807, 2.05) is 6.08 Å².